The van der Waals surface area contributed by atoms with Crippen molar-refractivity contribution in [3.8, 4) is 11.5 Å². The lowest BCUT2D eigenvalue weighted by molar-refractivity contribution is 0.288. The predicted octanol–water partition coefficient (Wildman–Crippen LogP) is 2.99. The van der Waals surface area contributed by atoms with Crippen molar-refractivity contribution in [2.24, 2.45) is 0 Å². The number of ether oxygens (including phenoxy) is 2. The van der Waals surface area contributed by atoms with Gasteiger partial charge in [0.2, 0.25) is 0 Å². The van der Waals surface area contributed by atoms with Gasteiger partial charge in [0.25, 0.3) is 0 Å². The van der Waals surface area contributed by atoms with Gasteiger partial charge in [0.05, 0.1) is 19.7 Å². The van der Waals surface area contributed by atoms with Crippen LogP contribution in [0.4, 0.5) is 0 Å². The van der Waals surface area contributed by atoms with E-state index in [-0.39, 0.29) is 6.61 Å². The summed E-state index contributed by atoms with van der Waals surface area (Å²) in [4.78, 5) is 0. The molecule has 20 heavy (non-hydrogen) atoms. The Balaban J connectivity index is 2.61. The number of fused-ring (bicyclic) bond motifs is 1. The van der Waals surface area contributed by atoms with E-state index >= 15 is 0 Å². The fraction of sp³-hybridized carbons (Fsp3) is 0.500. The first-order valence-corrected chi connectivity index (χ1v) is 7.09. The van der Waals surface area contributed by atoms with E-state index in [2.05, 4.69) is 23.8 Å². The Bertz CT molecular complexity index is 575. The molecule has 1 heterocycles. The monoisotopic (exact) mass is 277 g/mol. The summed E-state index contributed by atoms with van der Waals surface area (Å²) in [5.41, 5.74) is 2.35. The molecule has 2 rings (SSSR count). The van der Waals surface area contributed by atoms with E-state index in [0.29, 0.717) is 0 Å². The summed E-state index contributed by atoms with van der Waals surface area (Å²) in [5, 5.41) is 10.2. The first-order valence-electron chi connectivity index (χ1n) is 7.09. The minimum absolute atomic E-state index is 0.210. The standard InChI is InChI=1S/C16H23NO3/c1-4-7-17-11-12(6-5-8-18)14-9-13(19-2)10-15(20-3)16(14)17/h9-11,18H,4-8H2,1-3H3. The van der Waals surface area contributed by atoms with Crippen LogP contribution in [0.15, 0.2) is 18.3 Å². The highest BCUT2D eigenvalue weighted by molar-refractivity contribution is 5.90. The lowest BCUT2D eigenvalue weighted by atomic mass is 10.1. The Morgan fingerprint density at radius 3 is 2.60 bits per heavy atom. The molecule has 0 aliphatic heterocycles. The molecule has 0 spiro atoms. The minimum Gasteiger partial charge on any atom is -0.497 e. The Labute approximate surface area is 119 Å². The molecule has 0 aliphatic rings. The summed E-state index contributed by atoms with van der Waals surface area (Å²) in [5.74, 6) is 1.64. The molecule has 110 valence electrons. The van der Waals surface area contributed by atoms with E-state index in [1.807, 2.05) is 6.07 Å². The Morgan fingerprint density at radius 2 is 2.00 bits per heavy atom. The smallest absolute Gasteiger partial charge is 0.146 e. The molecule has 0 atom stereocenters. The van der Waals surface area contributed by atoms with Crippen LogP contribution >= 0.6 is 0 Å². The van der Waals surface area contributed by atoms with E-state index in [4.69, 9.17) is 14.6 Å². The van der Waals surface area contributed by atoms with E-state index in [9.17, 15) is 0 Å². The summed E-state index contributed by atoms with van der Waals surface area (Å²) in [7, 11) is 3.35. The van der Waals surface area contributed by atoms with E-state index < -0.39 is 0 Å². The average molecular weight is 277 g/mol. The van der Waals surface area contributed by atoms with Gasteiger partial charge in [-0.05, 0) is 30.9 Å². The van der Waals surface area contributed by atoms with Gasteiger partial charge in [-0.25, -0.2) is 0 Å². The number of aryl methyl sites for hydroxylation is 2. The highest BCUT2D eigenvalue weighted by Gasteiger charge is 2.14. The lowest BCUT2D eigenvalue weighted by Gasteiger charge is -2.10. The number of methoxy groups -OCH3 is 2. The molecule has 0 unspecified atom stereocenters. The summed E-state index contributed by atoms with van der Waals surface area (Å²) < 4.78 is 13.1. The van der Waals surface area contributed by atoms with Crippen LogP contribution in [0.2, 0.25) is 0 Å². The molecular weight excluding hydrogens is 254 g/mol. The Hall–Kier alpha value is -1.68. The van der Waals surface area contributed by atoms with Crippen molar-refractivity contribution in [1.29, 1.82) is 0 Å². The van der Waals surface area contributed by atoms with Crippen molar-refractivity contribution in [2.75, 3.05) is 20.8 Å². The maximum Gasteiger partial charge on any atom is 0.146 e. The van der Waals surface area contributed by atoms with Gasteiger partial charge in [0.15, 0.2) is 0 Å². The molecule has 0 aliphatic carbocycles. The molecule has 0 saturated heterocycles. The van der Waals surface area contributed by atoms with E-state index in [1.54, 1.807) is 14.2 Å². The van der Waals surface area contributed by atoms with Gasteiger partial charge in [0, 0.05) is 30.8 Å². The molecule has 0 fully saturated rings. The number of aliphatic hydroxyl groups is 1. The maximum atomic E-state index is 9.06. The summed E-state index contributed by atoms with van der Waals surface area (Å²) in [6.07, 6.45) is 4.87. The molecular formula is C16H23NO3. The number of aromatic nitrogens is 1. The average Bonchev–Trinajstić information content (AvgIpc) is 2.82. The zero-order valence-corrected chi connectivity index (χ0v) is 12.5. The highest BCUT2D eigenvalue weighted by atomic mass is 16.5. The van der Waals surface area contributed by atoms with Crippen molar-refractivity contribution < 1.29 is 14.6 Å². The SMILES string of the molecule is CCCn1cc(CCCO)c2cc(OC)cc(OC)c21. The fourth-order valence-corrected chi connectivity index (χ4v) is 2.61. The molecule has 1 N–H and O–H groups in total. The van der Waals surface area contributed by atoms with Gasteiger partial charge in [0.1, 0.15) is 11.5 Å². The minimum atomic E-state index is 0.210. The van der Waals surface area contributed by atoms with Crippen LogP contribution in [0.5, 0.6) is 11.5 Å². The van der Waals surface area contributed by atoms with E-state index in [1.165, 1.54) is 5.56 Å². The van der Waals surface area contributed by atoms with Gasteiger partial charge < -0.3 is 19.1 Å². The van der Waals surface area contributed by atoms with Crippen LogP contribution in [0.1, 0.15) is 25.3 Å². The third kappa shape index (κ3) is 2.75. The number of benzene rings is 1. The van der Waals surface area contributed by atoms with Crippen LogP contribution < -0.4 is 9.47 Å². The normalized spacial score (nSPS) is 11.0. The van der Waals surface area contributed by atoms with E-state index in [0.717, 1.165) is 48.2 Å². The molecule has 4 heteroatoms. The first-order chi connectivity index (χ1) is 9.74. The fourth-order valence-electron chi connectivity index (χ4n) is 2.61. The third-order valence-corrected chi connectivity index (χ3v) is 3.52. The first kappa shape index (κ1) is 14.7. The predicted molar refractivity (Wildman–Crippen MR) is 80.7 cm³/mol. The maximum absolute atomic E-state index is 9.06. The number of hydrogen-bond acceptors (Lipinski definition) is 3. The molecule has 1 aromatic carbocycles. The molecule has 0 radical (unpaired) electrons. The Morgan fingerprint density at radius 1 is 1.20 bits per heavy atom. The van der Waals surface area contributed by atoms with Crippen molar-refractivity contribution in [3.63, 3.8) is 0 Å². The van der Waals surface area contributed by atoms with Crippen LogP contribution in [0.3, 0.4) is 0 Å². The van der Waals surface area contributed by atoms with Gasteiger partial charge in [-0.3, -0.25) is 0 Å². The molecule has 1 aromatic heterocycles. The topological polar surface area (TPSA) is 43.6 Å². The van der Waals surface area contributed by atoms with Crippen molar-refractivity contribution >= 4 is 10.9 Å². The Kier molecular flexibility index (Phi) is 4.90. The molecule has 2 aromatic rings. The largest absolute Gasteiger partial charge is 0.497 e. The number of aliphatic hydroxyl groups excluding tert-OH is 1. The highest BCUT2D eigenvalue weighted by Crippen LogP contribution is 2.35. The summed E-state index contributed by atoms with van der Waals surface area (Å²) >= 11 is 0. The van der Waals surface area contributed by atoms with Gasteiger partial charge in [-0.15, -0.1) is 0 Å². The zero-order chi connectivity index (χ0) is 14.5. The molecule has 4 nitrogen and oxygen atoms in total. The van der Waals surface area contributed by atoms with Crippen LogP contribution in [-0.4, -0.2) is 30.5 Å². The number of rotatable bonds is 7. The van der Waals surface area contributed by atoms with Crippen LogP contribution in [0.25, 0.3) is 10.9 Å². The molecule has 0 bridgehead atoms. The summed E-state index contributed by atoms with van der Waals surface area (Å²) in [6, 6.07) is 3.97. The molecule has 0 amide bonds. The van der Waals surface area contributed by atoms with Gasteiger partial charge in [-0.2, -0.15) is 0 Å². The molecule has 0 saturated carbocycles. The second-order valence-corrected chi connectivity index (χ2v) is 4.90. The van der Waals surface area contributed by atoms with Crippen LogP contribution in [0, 0.1) is 0 Å². The van der Waals surface area contributed by atoms with Crippen molar-refractivity contribution in [2.45, 2.75) is 32.7 Å². The quantitative estimate of drug-likeness (QED) is 0.846. The lowest BCUT2D eigenvalue weighted by Crippen LogP contribution is -1.97. The second kappa shape index (κ2) is 6.66. The van der Waals surface area contributed by atoms with Crippen LogP contribution in [-0.2, 0) is 13.0 Å². The number of hydrogen-bond donors (Lipinski definition) is 1. The van der Waals surface area contributed by atoms with Gasteiger partial charge in [-0.1, -0.05) is 6.92 Å². The van der Waals surface area contributed by atoms with Crippen molar-refractivity contribution in [3.05, 3.63) is 23.9 Å². The van der Waals surface area contributed by atoms with Crippen molar-refractivity contribution in [1.82, 2.24) is 4.57 Å². The summed E-state index contributed by atoms with van der Waals surface area (Å²) in [6.45, 7) is 3.33. The van der Waals surface area contributed by atoms with Gasteiger partial charge >= 0.3 is 0 Å². The third-order valence-electron chi connectivity index (χ3n) is 3.52. The zero-order valence-electron chi connectivity index (χ0n) is 12.5. The second-order valence-electron chi connectivity index (χ2n) is 4.90. The number of nitrogens with zero attached hydrogens (tertiary/aromatic N) is 1.